The highest BCUT2D eigenvalue weighted by Crippen LogP contribution is 2.38. The van der Waals surface area contributed by atoms with Crippen LogP contribution in [0.25, 0.3) is 0 Å². The molecule has 0 fully saturated rings. The molecule has 1 atom stereocenters. The molecular weight excluding hydrogens is 164 g/mol. The molecule has 1 heterocycles. The van der Waals surface area contributed by atoms with Crippen LogP contribution in [0.4, 0.5) is 0 Å². The second-order valence-corrected chi connectivity index (χ2v) is 4.12. The lowest BCUT2D eigenvalue weighted by atomic mass is 9.92. The number of hydrogen-bond acceptors (Lipinski definition) is 2. The fraction of sp³-hybridized carbons (Fsp3) is 0.455. The minimum Gasteiger partial charge on any atom is -0.487 e. The minimum absolute atomic E-state index is 0.256. The average molecular weight is 178 g/mol. The highest BCUT2D eigenvalue weighted by atomic mass is 16.5. The third kappa shape index (κ3) is 1.54. The second kappa shape index (κ2) is 2.74. The molecule has 1 unspecified atom stereocenters. The zero-order chi connectivity index (χ0) is 9.47. The van der Waals surface area contributed by atoms with E-state index in [-0.39, 0.29) is 11.7 Å². The molecule has 0 aromatic heterocycles. The normalized spacial score (nSPS) is 24.7. The third-order valence-electron chi connectivity index (χ3n) is 2.35. The number of aliphatic hydroxyl groups excluding tert-OH is 1. The number of benzene rings is 1. The quantitative estimate of drug-likeness (QED) is 0.660. The molecule has 0 aliphatic carbocycles. The fourth-order valence-corrected chi connectivity index (χ4v) is 1.76. The van der Waals surface area contributed by atoms with Gasteiger partial charge < -0.3 is 9.84 Å². The van der Waals surface area contributed by atoms with Crippen LogP contribution in [0.5, 0.6) is 5.75 Å². The highest BCUT2D eigenvalue weighted by molar-refractivity contribution is 5.37. The molecule has 0 radical (unpaired) electrons. The molecule has 0 bridgehead atoms. The van der Waals surface area contributed by atoms with Crippen LogP contribution >= 0.6 is 0 Å². The lowest BCUT2D eigenvalue weighted by molar-refractivity contribution is 0.0115. The van der Waals surface area contributed by atoms with Crippen molar-refractivity contribution in [1.82, 2.24) is 0 Å². The molecule has 1 aromatic carbocycles. The van der Waals surface area contributed by atoms with E-state index in [1.165, 1.54) is 0 Å². The van der Waals surface area contributed by atoms with E-state index < -0.39 is 0 Å². The summed E-state index contributed by atoms with van der Waals surface area (Å²) in [5.41, 5.74) is 0.648. The number of aliphatic hydroxyl groups is 1. The molecule has 2 heteroatoms. The Hall–Kier alpha value is -1.02. The second-order valence-electron chi connectivity index (χ2n) is 4.12. The van der Waals surface area contributed by atoms with Crippen molar-refractivity contribution in [3.8, 4) is 5.75 Å². The molecule has 0 saturated heterocycles. The summed E-state index contributed by atoms with van der Waals surface area (Å²) in [6.45, 7) is 3.98. The summed E-state index contributed by atoms with van der Waals surface area (Å²) in [4.78, 5) is 0. The minimum atomic E-state index is -0.389. The average Bonchev–Trinajstić information content (AvgIpc) is 2.02. The van der Waals surface area contributed by atoms with Gasteiger partial charge in [0.15, 0.2) is 0 Å². The van der Waals surface area contributed by atoms with Crippen molar-refractivity contribution in [3.05, 3.63) is 29.8 Å². The molecule has 1 aromatic rings. The first-order valence-corrected chi connectivity index (χ1v) is 4.54. The molecule has 0 spiro atoms. The van der Waals surface area contributed by atoms with Crippen LogP contribution in [-0.4, -0.2) is 10.7 Å². The van der Waals surface area contributed by atoms with Gasteiger partial charge >= 0.3 is 0 Å². The first-order chi connectivity index (χ1) is 6.08. The SMILES string of the molecule is CC1(C)CC(O)c2ccccc2O1. The zero-order valence-electron chi connectivity index (χ0n) is 7.95. The number of fused-ring (bicyclic) bond motifs is 1. The lowest BCUT2D eigenvalue weighted by Crippen LogP contribution is -2.34. The molecule has 2 rings (SSSR count). The maximum Gasteiger partial charge on any atom is 0.125 e. The van der Waals surface area contributed by atoms with Crippen molar-refractivity contribution in [2.75, 3.05) is 0 Å². The number of hydrogen-bond donors (Lipinski definition) is 1. The Balaban J connectivity index is 2.43. The van der Waals surface area contributed by atoms with Gasteiger partial charge in [0.2, 0.25) is 0 Å². The maximum atomic E-state index is 9.82. The summed E-state index contributed by atoms with van der Waals surface area (Å²) < 4.78 is 5.73. The molecule has 0 amide bonds. The Morgan fingerprint density at radius 3 is 2.85 bits per heavy atom. The molecule has 2 nitrogen and oxygen atoms in total. The van der Waals surface area contributed by atoms with Crippen molar-refractivity contribution in [2.24, 2.45) is 0 Å². The molecular formula is C11H14O2. The summed E-state index contributed by atoms with van der Waals surface area (Å²) in [7, 11) is 0. The molecule has 1 aliphatic rings. The number of para-hydroxylation sites is 1. The van der Waals surface area contributed by atoms with Crippen molar-refractivity contribution in [3.63, 3.8) is 0 Å². The van der Waals surface area contributed by atoms with Crippen LogP contribution in [0.15, 0.2) is 24.3 Å². The van der Waals surface area contributed by atoms with Crippen molar-refractivity contribution in [1.29, 1.82) is 0 Å². The van der Waals surface area contributed by atoms with Crippen LogP contribution in [0.2, 0.25) is 0 Å². The Labute approximate surface area is 78.2 Å². The molecule has 0 saturated carbocycles. The lowest BCUT2D eigenvalue weighted by Gasteiger charge is -2.35. The first kappa shape index (κ1) is 8.57. The Morgan fingerprint density at radius 2 is 2.08 bits per heavy atom. The van der Waals surface area contributed by atoms with Gasteiger partial charge in [-0.05, 0) is 19.9 Å². The van der Waals surface area contributed by atoms with Gasteiger partial charge in [-0.15, -0.1) is 0 Å². The van der Waals surface area contributed by atoms with Crippen LogP contribution in [0.3, 0.4) is 0 Å². The monoisotopic (exact) mass is 178 g/mol. The van der Waals surface area contributed by atoms with Crippen molar-refractivity contribution in [2.45, 2.75) is 32.0 Å². The van der Waals surface area contributed by atoms with Crippen LogP contribution < -0.4 is 4.74 Å². The van der Waals surface area contributed by atoms with Gasteiger partial charge in [-0.1, -0.05) is 18.2 Å². The van der Waals surface area contributed by atoms with Crippen molar-refractivity contribution < 1.29 is 9.84 Å². The van der Waals surface area contributed by atoms with E-state index in [2.05, 4.69) is 0 Å². The van der Waals surface area contributed by atoms with Gasteiger partial charge in [-0.2, -0.15) is 0 Å². The van der Waals surface area contributed by atoms with E-state index in [4.69, 9.17) is 4.74 Å². The molecule has 70 valence electrons. The predicted molar refractivity (Wildman–Crippen MR) is 50.7 cm³/mol. The standard InChI is InChI=1S/C11H14O2/c1-11(2)7-9(12)8-5-3-4-6-10(8)13-11/h3-6,9,12H,7H2,1-2H3. The predicted octanol–water partition coefficient (Wildman–Crippen LogP) is 2.28. The van der Waals surface area contributed by atoms with E-state index in [9.17, 15) is 5.11 Å². The van der Waals surface area contributed by atoms with Gasteiger partial charge in [0.1, 0.15) is 11.4 Å². The van der Waals surface area contributed by atoms with E-state index in [1.54, 1.807) is 0 Å². The van der Waals surface area contributed by atoms with E-state index in [0.717, 1.165) is 11.3 Å². The van der Waals surface area contributed by atoms with E-state index in [1.807, 2.05) is 38.1 Å². The molecule has 1 aliphatic heterocycles. The number of rotatable bonds is 0. The summed E-state index contributed by atoms with van der Waals surface area (Å²) in [5.74, 6) is 0.811. The topological polar surface area (TPSA) is 29.5 Å². The van der Waals surface area contributed by atoms with Gasteiger partial charge in [0.05, 0.1) is 6.10 Å². The zero-order valence-corrected chi connectivity index (χ0v) is 7.95. The van der Waals surface area contributed by atoms with Crippen LogP contribution in [-0.2, 0) is 0 Å². The summed E-state index contributed by atoms with van der Waals surface area (Å²) in [6.07, 6.45) is 0.268. The molecule has 13 heavy (non-hydrogen) atoms. The largest absolute Gasteiger partial charge is 0.487 e. The summed E-state index contributed by atoms with van der Waals surface area (Å²) in [5, 5.41) is 9.82. The van der Waals surface area contributed by atoms with Gasteiger partial charge in [-0.3, -0.25) is 0 Å². The fourth-order valence-electron chi connectivity index (χ4n) is 1.76. The van der Waals surface area contributed by atoms with Crippen molar-refractivity contribution >= 4 is 0 Å². The summed E-state index contributed by atoms with van der Waals surface area (Å²) >= 11 is 0. The smallest absolute Gasteiger partial charge is 0.125 e. The van der Waals surface area contributed by atoms with E-state index in [0.29, 0.717) is 6.42 Å². The van der Waals surface area contributed by atoms with Gasteiger partial charge in [0.25, 0.3) is 0 Å². The molecule has 1 N–H and O–H groups in total. The number of ether oxygens (including phenoxy) is 1. The third-order valence-corrected chi connectivity index (χ3v) is 2.35. The highest BCUT2D eigenvalue weighted by Gasteiger charge is 2.31. The Kier molecular flexibility index (Phi) is 1.81. The van der Waals surface area contributed by atoms with Crippen LogP contribution in [0, 0.1) is 0 Å². The maximum absolute atomic E-state index is 9.82. The summed E-state index contributed by atoms with van der Waals surface area (Å²) in [6, 6.07) is 7.66. The van der Waals surface area contributed by atoms with E-state index >= 15 is 0 Å². The first-order valence-electron chi connectivity index (χ1n) is 4.54. The van der Waals surface area contributed by atoms with Gasteiger partial charge in [0, 0.05) is 12.0 Å². The van der Waals surface area contributed by atoms with Gasteiger partial charge in [-0.25, -0.2) is 0 Å². The Morgan fingerprint density at radius 1 is 1.38 bits per heavy atom. The van der Waals surface area contributed by atoms with Crippen LogP contribution in [0.1, 0.15) is 31.9 Å². The Bertz CT molecular complexity index is 318.